The topological polar surface area (TPSA) is 131 Å². The number of amides is 1. The summed E-state index contributed by atoms with van der Waals surface area (Å²) in [6.45, 7) is 0. The zero-order valence-electron chi connectivity index (χ0n) is 9.98. The van der Waals surface area contributed by atoms with E-state index in [1.54, 1.807) is 7.05 Å². The molecule has 0 aromatic carbocycles. The zero-order chi connectivity index (χ0) is 13.8. The third kappa shape index (κ3) is 2.49. The first-order chi connectivity index (χ1) is 9.13. The lowest BCUT2D eigenvalue weighted by atomic mass is 10.2. The molecule has 0 spiro atoms. The molecule has 9 heteroatoms. The smallest absolute Gasteiger partial charge is 0.258 e. The Morgan fingerprint density at radius 2 is 2.26 bits per heavy atom. The quantitative estimate of drug-likeness (QED) is 0.297. The fraction of sp³-hybridized carbons (Fsp3) is 0.100. The number of carbonyl (C=O) groups is 1. The highest BCUT2D eigenvalue weighted by atomic mass is 16.4. The molecule has 0 aliphatic carbocycles. The molecular formula is C10H11N7O2. The number of nitrogens with one attached hydrogen (secondary N) is 1. The molecule has 4 N–H and O–H groups in total. The van der Waals surface area contributed by atoms with Crippen LogP contribution in [0.15, 0.2) is 29.8 Å². The van der Waals surface area contributed by atoms with Gasteiger partial charge in [0.1, 0.15) is 5.82 Å². The van der Waals surface area contributed by atoms with E-state index in [0.717, 1.165) is 0 Å². The van der Waals surface area contributed by atoms with E-state index in [0.29, 0.717) is 16.9 Å². The summed E-state index contributed by atoms with van der Waals surface area (Å²) in [4.78, 5) is 12.0. The lowest BCUT2D eigenvalue weighted by molar-refractivity contribution is 0.102. The molecule has 98 valence electrons. The number of amidine groups is 1. The number of aryl methyl sites for hydroxylation is 1. The van der Waals surface area contributed by atoms with E-state index in [4.69, 9.17) is 10.9 Å². The van der Waals surface area contributed by atoms with Crippen LogP contribution in [0.3, 0.4) is 0 Å². The molecule has 0 saturated heterocycles. The summed E-state index contributed by atoms with van der Waals surface area (Å²) in [6.07, 6.45) is 4.12. The van der Waals surface area contributed by atoms with E-state index in [1.807, 2.05) is 0 Å². The van der Waals surface area contributed by atoms with Crippen LogP contribution < -0.4 is 11.1 Å². The van der Waals surface area contributed by atoms with Crippen molar-refractivity contribution in [3.05, 3.63) is 35.8 Å². The van der Waals surface area contributed by atoms with Gasteiger partial charge in [-0.2, -0.15) is 15.3 Å². The molecule has 2 heterocycles. The van der Waals surface area contributed by atoms with Gasteiger partial charge in [-0.3, -0.25) is 9.48 Å². The van der Waals surface area contributed by atoms with E-state index < -0.39 is 5.91 Å². The highest BCUT2D eigenvalue weighted by Crippen LogP contribution is 2.14. The Morgan fingerprint density at radius 1 is 1.47 bits per heavy atom. The van der Waals surface area contributed by atoms with Gasteiger partial charge < -0.3 is 16.3 Å². The van der Waals surface area contributed by atoms with Crippen LogP contribution in [0, 0.1) is 0 Å². The molecule has 2 rings (SSSR count). The minimum absolute atomic E-state index is 0.142. The molecule has 0 aliphatic rings. The first kappa shape index (κ1) is 12.5. The van der Waals surface area contributed by atoms with E-state index >= 15 is 0 Å². The normalized spacial score (nSPS) is 11.3. The Morgan fingerprint density at radius 3 is 2.89 bits per heavy atom. The van der Waals surface area contributed by atoms with Crippen LogP contribution in [-0.2, 0) is 7.05 Å². The highest BCUT2D eigenvalue weighted by Gasteiger charge is 2.16. The standard InChI is InChI=1S/C10H11N7O2/c1-17-9(7(5-14-17)8(11)16-19)15-10(18)6-2-3-12-13-4-6/h2-5,19H,1H3,(H2,11,16)(H,15,18). The van der Waals surface area contributed by atoms with Crippen molar-refractivity contribution in [3.63, 3.8) is 0 Å². The van der Waals surface area contributed by atoms with Crippen molar-refractivity contribution >= 4 is 17.6 Å². The predicted octanol–water partition coefficient (Wildman–Crippen LogP) is -0.443. The molecule has 2 aromatic heterocycles. The largest absolute Gasteiger partial charge is 0.409 e. The average Bonchev–Trinajstić information content (AvgIpc) is 2.80. The van der Waals surface area contributed by atoms with Crippen molar-refractivity contribution in [1.82, 2.24) is 20.0 Å². The molecule has 2 aromatic rings. The van der Waals surface area contributed by atoms with E-state index in [-0.39, 0.29) is 5.84 Å². The molecular weight excluding hydrogens is 250 g/mol. The van der Waals surface area contributed by atoms with Crippen LogP contribution in [-0.4, -0.2) is 36.9 Å². The minimum Gasteiger partial charge on any atom is -0.409 e. The van der Waals surface area contributed by atoms with Crippen molar-refractivity contribution in [2.24, 2.45) is 17.9 Å². The molecule has 0 radical (unpaired) electrons. The number of rotatable bonds is 3. The highest BCUT2D eigenvalue weighted by molar-refractivity contribution is 6.08. The predicted molar refractivity (Wildman–Crippen MR) is 65.7 cm³/mol. The summed E-state index contributed by atoms with van der Waals surface area (Å²) in [6, 6.07) is 1.52. The summed E-state index contributed by atoms with van der Waals surface area (Å²) < 4.78 is 1.40. The second-order valence-electron chi connectivity index (χ2n) is 3.60. The van der Waals surface area contributed by atoms with Crippen molar-refractivity contribution in [2.75, 3.05) is 5.32 Å². The van der Waals surface area contributed by atoms with Gasteiger partial charge in [-0.05, 0) is 6.07 Å². The Balaban J connectivity index is 2.29. The molecule has 9 nitrogen and oxygen atoms in total. The van der Waals surface area contributed by atoms with Crippen LogP contribution in [0.5, 0.6) is 0 Å². The maximum atomic E-state index is 12.0. The van der Waals surface area contributed by atoms with Crippen molar-refractivity contribution in [2.45, 2.75) is 0 Å². The molecule has 0 saturated carbocycles. The van der Waals surface area contributed by atoms with Crippen LogP contribution in [0.2, 0.25) is 0 Å². The lowest BCUT2D eigenvalue weighted by Crippen LogP contribution is -2.20. The molecule has 1 amide bonds. The molecule has 0 atom stereocenters. The van der Waals surface area contributed by atoms with Crippen LogP contribution >= 0.6 is 0 Å². The van der Waals surface area contributed by atoms with Gasteiger partial charge in [-0.1, -0.05) is 5.16 Å². The van der Waals surface area contributed by atoms with Gasteiger partial charge in [0.05, 0.1) is 29.7 Å². The molecule has 0 aliphatic heterocycles. The average molecular weight is 261 g/mol. The van der Waals surface area contributed by atoms with E-state index in [9.17, 15) is 4.79 Å². The Bertz CT molecular complexity index is 620. The van der Waals surface area contributed by atoms with Crippen LogP contribution in [0.1, 0.15) is 15.9 Å². The summed E-state index contributed by atoms with van der Waals surface area (Å²) in [7, 11) is 1.62. The van der Waals surface area contributed by atoms with Gasteiger partial charge in [0.25, 0.3) is 5.91 Å². The first-order valence-corrected chi connectivity index (χ1v) is 5.21. The zero-order valence-corrected chi connectivity index (χ0v) is 9.98. The summed E-state index contributed by atoms with van der Waals surface area (Å²) >= 11 is 0. The fourth-order valence-electron chi connectivity index (χ4n) is 1.43. The van der Waals surface area contributed by atoms with Gasteiger partial charge in [-0.25, -0.2) is 0 Å². The van der Waals surface area contributed by atoms with Gasteiger partial charge in [0.15, 0.2) is 5.84 Å². The van der Waals surface area contributed by atoms with Crippen molar-refractivity contribution in [1.29, 1.82) is 0 Å². The number of anilines is 1. The van der Waals surface area contributed by atoms with Gasteiger partial charge in [-0.15, -0.1) is 0 Å². The number of hydrogen-bond donors (Lipinski definition) is 3. The number of hydrogen-bond acceptors (Lipinski definition) is 6. The van der Waals surface area contributed by atoms with Gasteiger partial charge in [0.2, 0.25) is 0 Å². The third-order valence-corrected chi connectivity index (χ3v) is 2.40. The monoisotopic (exact) mass is 261 g/mol. The van der Waals surface area contributed by atoms with Crippen molar-refractivity contribution in [3.8, 4) is 0 Å². The summed E-state index contributed by atoms with van der Waals surface area (Å²) in [5.41, 5.74) is 6.15. The molecule has 0 bridgehead atoms. The summed E-state index contributed by atoms with van der Waals surface area (Å²) in [5, 5.41) is 25.3. The maximum absolute atomic E-state index is 12.0. The fourth-order valence-corrected chi connectivity index (χ4v) is 1.43. The third-order valence-electron chi connectivity index (χ3n) is 2.40. The second-order valence-corrected chi connectivity index (χ2v) is 3.60. The van der Waals surface area contributed by atoms with Gasteiger partial charge in [0, 0.05) is 7.05 Å². The van der Waals surface area contributed by atoms with E-state index in [1.165, 1.54) is 29.3 Å². The Labute approximate surface area is 107 Å². The Hall–Kier alpha value is -2.97. The molecule has 0 fully saturated rings. The van der Waals surface area contributed by atoms with E-state index in [2.05, 4.69) is 25.8 Å². The summed E-state index contributed by atoms with van der Waals surface area (Å²) in [5.74, 6) is -0.223. The van der Waals surface area contributed by atoms with Crippen molar-refractivity contribution < 1.29 is 10.0 Å². The number of oxime groups is 1. The van der Waals surface area contributed by atoms with Crippen LogP contribution in [0.4, 0.5) is 5.82 Å². The number of nitrogens with zero attached hydrogens (tertiary/aromatic N) is 5. The number of carbonyl (C=O) groups excluding carboxylic acids is 1. The molecule has 0 unspecified atom stereocenters. The Kier molecular flexibility index (Phi) is 3.37. The maximum Gasteiger partial charge on any atom is 0.258 e. The van der Waals surface area contributed by atoms with Gasteiger partial charge >= 0.3 is 0 Å². The number of nitrogens with two attached hydrogens (primary N) is 1. The molecule has 19 heavy (non-hydrogen) atoms. The second kappa shape index (κ2) is 5.12. The number of aromatic nitrogens is 4. The van der Waals surface area contributed by atoms with Crippen LogP contribution in [0.25, 0.3) is 0 Å². The first-order valence-electron chi connectivity index (χ1n) is 5.21. The lowest BCUT2D eigenvalue weighted by Gasteiger charge is -2.07. The minimum atomic E-state index is -0.398. The SMILES string of the molecule is Cn1ncc(/C(N)=N/O)c1NC(=O)c1ccnnc1.